The number of rotatable bonds is 1. The Morgan fingerprint density at radius 1 is 1.09 bits per heavy atom. The van der Waals surface area contributed by atoms with Gasteiger partial charge >= 0.3 is 0 Å². The normalized spacial score (nSPS) is 54.0. The van der Waals surface area contributed by atoms with Gasteiger partial charge in [0.15, 0.2) is 0 Å². The lowest BCUT2D eigenvalue weighted by molar-refractivity contribution is -0.115. The van der Waals surface area contributed by atoms with E-state index in [4.69, 9.17) is 0 Å². The number of fused-ring (bicyclic) bond motifs is 5. The Kier molecular flexibility index (Phi) is 3.35. The lowest BCUT2D eigenvalue weighted by atomic mass is 9.45. The smallest absolute Gasteiger partial charge is 0.145 e. The molecule has 3 fully saturated rings. The van der Waals surface area contributed by atoms with Gasteiger partial charge in [-0.3, -0.25) is 4.79 Å². The van der Waals surface area contributed by atoms with Crippen LogP contribution >= 0.6 is 0 Å². The van der Waals surface area contributed by atoms with Crippen molar-refractivity contribution in [2.45, 2.75) is 71.3 Å². The first kappa shape index (κ1) is 14.9. The van der Waals surface area contributed by atoms with Crippen molar-refractivity contribution in [3.8, 4) is 0 Å². The molecule has 1 N–H and O–H groups in total. The van der Waals surface area contributed by atoms with E-state index in [0.717, 1.165) is 48.9 Å². The van der Waals surface area contributed by atoms with E-state index in [9.17, 15) is 9.90 Å². The third kappa shape index (κ3) is 1.85. The molecule has 7 atom stereocenters. The predicted molar refractivity (Wildman–Crippen MR) is 87.3 cm³/mol. The lowest BCUT2D eigenvalue weighted by Crippen LogP contribution is -2.53. The molecule has 4 aliphatic carbocycles. The predicted octanol–water partition coefficient (Wildman–Crippen LogP) is 4.13. The molecule has 0 aromatic carbocycles. The maximum absolute atomic E-state index is 11.3. The minimum absolute atomic E-state index is 0.0826. The zero-order valence-electron chi connectivity index (χ0n) is 14.1. The minimum atomic E-state index is -0.0826. The van der Waals surface area contributed by atoms with Gasteiger partial charge in [-0.2, -0.15) is 0 Å². The Bertz CT molecular complexity index is 510. The summed E-state index contributed by atoms with van der Waals surface area (Å²) < 4.78 is 0. The van der Waals surface area contributed by atoms with E-state index in [1.807, 2.05) is 0 Å². The Labute approximate surface area is 134 Å². The first-order valence-corrected chi connectivity index (χ1v) is 9.31. The second-order valence-corrected chi connectivity index (χ2v) is 9.10. The van der Waals surface area contributed by atoms with Crippen LogP contribution in [0.15, 0.2) is 11.6 Å². The van der Waals surface area contributed by atoms with Crippen LogP contribution in [0.25, 0.3) is 0 Å². The number of carbonyl (C=O) groups is 1. The zero-order valence-corrected chi connectivity index (χ0v) is 14.1. The van der Waals surface area contributed by atoms with Gasteiger partial charge in [0.2, 0.25) is 0 Å². The summed E-state index contributed by atoms with van der Waals surface area (Å²) >= 11 is 0. The van der Waals surface area contributed by atoms with Crippen molar-refractivity contribution in [3.05, 3.63) is 11.6 Å². The summed E-state index contributed by atoms with van der Waals surface area (Å²) in [6.07, 6.45) is 12.7. The van der Waals surface area contributed by atoms with Gasteiger partial charge in [0, 0.05) is 0 Å². The Balaban J connectivity index is 1.66. The lowest BCUT2D eigenvalue weighted by Gasteiger charge is -2.59. The average molecular weight is 302 g/mol. The number of aldehydes is 1. The molecule has 22 heavy (non-hydrogen) atoms. The molecule has 0 heterocycles. The van der Waals surface area contributed by atoms with Crippen LogP contribution in [0.3, 0.4) is 0 Å². The second-order valence-electron chi connectivity index (χ2n) is 9.10. The first-order chi connectivity index (χ1) is 10.5. The Morgan fingerprint density at radius 3 is 2.64 bits per heavy atom. The summed E-state index contributed by atoms with van der Waals surface area (Å²) in [7, 11) is 0. The number of hydrogen-bond acceptors (Lipinski definition) is 2. The van der Waals surface area contributed by atoms with E-state index in [-0.39, 0.29) is 11.5 Å². The number of aliphatic hydroxyl groups is 1. The maximum atomic E-state index is 11.3. The first-order valence-electron chi connectivity index (χ1n) is 9.31. The standard InChI is InChI=1S/C20H30O2/c1-19-10-9-17-15(16(19)7-8-18(19)22)6-5-14-4-3-13(12-21)11-20(14,17)2/h3,12,14-18,22H,4-11H2,1-2H3/t14-,15+,16+,17+,18+,19+,20+/m1/s1. The van der Waals surface area contributed by atoms with Crippen LogP contribution in [-0.4, -0.2) is 17.5 Å². The summed E-state index contributed by atoms with van der Waals surface area (Å²) in [5.74, 6) is 3.03. The second kappa shape index (κ2) is 4.93. The van der Waals surface area contributed by atoms with Crippen LogP contribution < -0.4 is 0 Å². The van der Waals surface area contributed by atoms with Crippen LogP contribution in [0.4, 0.5) is 0 Å². The molecule has 122 valence electrons. The highest BCUT2D eigenvalue weighted by molar-refractivity contribution is 5.73. The van der Waals surface area contributed by atoms with Crippen molar-refractivity contribution in [2.24, 2.45) is 34.5 Å². The van der Waals surface area contributed by atoms with Crippen LogP contribution in [0.5, 0.6) is 0 Å². The average Bonchev–Trinajstić information content (AvgIpc) is 2.81. The number of hydrogen-bond donors (Lipinski definition) is 1. The van der Waals surface area contributed by atoms with Gasteiger partial charge in [0.1, 0.15) is 6.29 Å². The molecule has 0 unspecified atom stereocenters. The third-order valence-corrected chi connectivity index (χ3v) is 8.42. The summed E-state index contributed by atoms with van der Waals surface area (Å²) in [5, 5.41) is 10.5. The highest BCUT2D eigenvalue weighted by Crippen LogP contribution is 2.65. The topological polar surface area (TPSA) is 37.3 Å². The largest absolute Gasteiger partial charge is 0.393 e. The van der Waals surface area contributed by atoms with E-state index >= 15 is 0 Å². The molecular weight excluding hydrogens is 272 g/mol. The number of allylic oxidation sites excluding steroid dienone is 2. The Morgan fingerprint density at radius 2 is 1.86 bits per heavy atom. The van der Waals surface area contributed by atoms with Gasteiger partial charge in [-0.1, -0.05) is 19.9 Å². The highest BCUT2D eigenvalue weighted by Gasteiger charge is 2.59. The highest BCUT2D eigenvalue weighted by atomic mass is 16.3. The van der Waals surface area contributed by atoms with E-state index in [1.165, 1.54) is 32.1 Å². The van der Waals surface area contributed by atoms with Crippen LogP contribution in [0, 0.1) is 34.5 Å². The van der Waals surface area contributed by atoms with Gasteiger partial charge in [0.25, 0.3) is 0 Å². The monoisotopic (exact) mass is 302 g/mol. The number of carbonyl (C=O) groups excluding carboxylic acids is 1. The summed E-state index contributed by atoms with van der Waals surface area (Å²) in [5.41, 5.74) is 1.53. The van der Waals surface area contributed by atoms with E-state index in [1.54, 1.807) is 0 Å². The molecule has 4 aliphatic rings. The summed E-state index contributed by atoms with van der Waals surface area (Å²) in [6, 6.07) is 0. The minimum Gasteiger partial charge on any atom is -0.393 e. The molecule has 0 spiro atoms. The molecule has 0 aliphatic heterocycles. The van der Waals surface area contributed by atoms with Crippen molar-refractivity contribution in [1.82, 2.24) is 0 Å². The molecule has 3 saturated carbocycles. The van der Waals surface area contributed by atoms with Crippen molar-refractivity contribution >= 4 is 6.29 Å². The summed E-state index contributed by atoms with van der Waals surface area (Å²) in [4.78, 5) is 11.3. The molecule has 0 amide bonds. The fraction of sp³-hybridized carbons (Fsp3) is 0.850. The molecule has 0 aromatic heterocycles. The molecular formula is C20H30O2. The van der Waals surface area contributed by atoms with E-state index < -0.39 is 0 Å². The maximum Gasteiger partial charge on any atom is 0.145 e. The SMILES string of the molecule is C[C@]12CC(C=O)=CC[C@@H]1CC[C@@H]1[C@@H]2CC[C@]2(C)[C@@H](O)CC[C@@H]12. The van der Waals surface area contributed by atoms with E-state index in [0.29, 0.717) is 11.3 Å². The van der Waals surface area contributed by atoms with Crippen molar-refractivity contribution in [3.63, 3.8) is 0 Å². The van der Waals surface area contributed by atoms with Crippen LogP contribution in [0.1, 0.15) is 65.2 Å². The van der Waals surface area contributed by atoms with Gasteiger partial charge in [0.05, 0.1) is 6.10 Å². The zero-order chi connectivity index (χ0) is 15.5. The van der Waals surface area contributed by atoms with Crippen LogP contribution in [-0.2, 0) is 4.79 Å². The third-order valence-electron chi connectivity index (χ3n) is 8.42. The molecule has 0 aromatic rings. The quantitative estimate of drug-likeness (QED) is 0.740. The Hall–Kier alpha value is -0.630. The molecule has 0 saturated heterocycles. The molecule has 0 radical (unpaired) electrons. The molecule has 0 bridgehead atoms. The fourth-order valence-electron chi connectivity index (χ4n) is 7.07. The molecule has 4 rings (SSSR count). The van der Waals surface area contributed by atoms with E-state index in [2.05, 4.69) is 19.9 Å². The van der Waals surface area contributed by atoms with Crippen molar-refractivity contribution < 1.29 is 9.90 Å². The summed E-state index contributed by atoms with van der Waals surface area (Å²) in [6.45, 7) is 4.82. The van der Waals surface area contributed by atoms with Gasteiger partial charge < -0.3 is 5.11 Å². The van der Waals surface area contributed by atoms with Gasteiger partial charge in [-0.25, -0.2) is 0 Å². The van der Waals surface area contributed by atoms with Crippen molar-refractivity contribution in [2.75, 3.05) is 0 Å². The van der Waals surface area contributed by atoms with Crippen molar-refractivity contribution in [1.29, 1.82) is 0 Å². The molecule has 2 nitrogen and oxygen atoms in total. The molecule has 2 heteroatoms. The van der Waals surface area contributed by atoms with Crippen LogP contribution in [0.2, 0.25) is 0 Å². The van der Waals surface area contributed by atoms with Gasteiger partial charge in [-0.05, 0) is 91.4 Å². The number of aliphatic hydroxyl groups excluding tert-OH is 1. The fourth-order valence-corrected chi connectivity index (χ4v) is 7.07. The van der Waals surface area contributed by atoms with Gasteiger partial charge in [-0.15, -0.1) is 0 Å².